The van der Waals surface area contributed by atoms with E-state index in [4.69, 9.17) is 15.6 Å². The van der Waals surface area contributed by atoms with E-state index in [1.807, 2.05) is 12.1 Å². The number of aromatic amines is 1. The van der Waals surface area contributed by atoms with Crippen LogP contribution in [0, 0.1) is 17.8 Å². The second kappa shape index (κ2) is 7.58. The van der Waals surface area contributed by atoms with Crippen molar-refractivity contribution in [3.05, 3.63) is 36.0 Å². The first-order chi connectivity index (χ1) is 13.6. The minimum Gasteiger partial charge on any atom is -0.465 e. The van der Waals surface area contributed by atoms with Crippen LogP contribution in [0.1, 0.15) is 18.4 Å². The number of H-pyrrole nitrogens is 1. The molecule has 142 valence electrons. The smallest absolute Gasteiger partial charge is 0.410 e. The number of carboxylic acid groups (broad SMARTS) is 1. The fourth-order valence-corrected chi connectivity index (χ4v) is 3.22. The van der Waals surface area contributed by atoms with E-state index < -0.39 is 6.09 Å². The Labute approximate surface area is 161 Å². The lowest BCUT2D eigenvalue weighted by molar-refractivity contribution is 0.0807. The fourth-order valence-electron chi connectivity index (χ4n) is 3.22. The summed E-state index contributed by atoms with van der Waals surface area (Å²) in [7, 11) is 0. The quantitative estimate of drug-likeness (QED) is 0.509. The summed E-state index contributed by atoms with van der Waals surface area (Å²) >= 11 is 0. The highest BCUT2D eigenvalue weighted by atomic mass is 16.5. The highest BCUT2D eigenvalue weighted by Crippen LogP contribution is 2.30. The van der Waals surface area contributed by atoms with Crippen molar-refractivity contribution in [1.82, 2.24) is 15.2 Å². The number of nitrogens with two attached hydrogens (primary N) is 1. The van der Waals surface area contributed by atoms with Gasteiger partial charge in [0.1, 0.15) is 5.82 Å². The highest BCUT2D eigenvalue weighted by Gasteiger charge is 2.13. The summed E-state index contributed by atoms with van der Waals surface area (Å²) in [6, 6.07) is 7.33. The first-order valence-electron chi connectivity index (χ1n) is 8.93. The van der Waals surface area contributed by atoms with Crippen molar-refractivity contribution >= 4 is 28.6 Å². The molecule has 1 fully saturated rings. The third-order valence-corrected chi connectivity index (χ3v) is 4.66. The molecule has 1 aliphatic rings. The number of nitrogens with one attached hydrogen (secondary N) is 2. The lowest BCUT2D eigenvalue weighted by Gasteiger charge is -2.16. The van der Waals surface area contributed by atoms with Crippen LogP contribution in [0.4, 0.5) is 16.4 Å². The summed E-state index contributed by atoms with van der Waals surface area (Å²) in [6.07, 6.45) is 2.24. The van der Waals surface area contributed by atoms with Crippen molar-refractivity contribution in [2.24, 2.45) is 5.92 Å². The Morgan fingerprint density at radius 2 is 2.11 bits per heavy atom. The van der Waals surface area contributed by atoms with Crippen molar-refractivity contribution < 1.29 is 14.6 Å². The molecular formula is C20H19N5O3. The molecule has 1 saturated heterocycles. The summed E-state index contributed by atoms with van der Waals surface area (Å²) in [5.74, 6) is 7.55. The van der Waals surface area contributed by atoms with Gasteiger partial charge < -0.3 is 15.6 Å². The maximum atomic E-state index is 10.9. The largest absolute Gasteiger partial charge is 0.465 e. The average Bonchev–Trinajstić information content (AvgIpc) is 3.08. The van der Waals surface area contributed by atoms with Gasteiger partial charge in [-0.25, -0.2) is 9.78 Å². The number of hydrogen-bond donors (Lipinski definition) is 4. The Bertz CT molecular complexity index is 1090. The number of pyridine rings is 1. The molecule has 0 spiro atoms. The molecule has 0 bridgehead atoms. The van der Waals surface area contributed by atoms with E-state index in [-0.39, 0.29) is 5.82 Å². The maximum Gasteiger partial charge on any atom is 0.410 e. The topological polar surface area (TPSA) is 126 Å². The number of carbonyl (C=O) groups is 1. The van der Waals surface area contributed by atoms with Crippen LogP contribution in [0.2, 0.25) is 0 Å². The number of amides is 1. The van der Waals surface area contributed by atoms with Gasteiger partial charge >= 0.3 is 6.09 Å². The third-order valence-electron chi connectivity index (χ3n) is 4.66. The number of benzene rings is 1. The first-order valence-corrected chi connectivity index (χ1v) is 8.93. The van der Waals surface area contributed by atoms with Gasteiger partial charge in [-0.05, 0) is 48.2 Å². The molecule has 1 aromatic carbocycles. The van der Waals surface area contributed by atoms with Gasteiger partial charge in [-0.15, -0.1) is 0 Å². The molecule has 4 rings (SSSR count). The summed E-state index contributed by atoms with van der Waals surface area (Å²) in [5, 5.41) is 19.0. The van der Waals surface area contributed by atoms with Crippen molar-refractivity contribution in [2.45, 2.75) is 12.8 Å². The Balaban J connectivity index is 1.76. The monoisotopic (exact) mass is 377 g/mol. The maximum absolute atomic E-state index is 10.9. The van der Waals surface area contributed by atoms with Gasteiger partial charge in [0.05, 0.1) is 11.1 Å². The normalized spacial score (nSPS) is 14.4. The summed E-state index contributed by atoms with van der Waals surface area (Å²) in [4.78, 5) is 14.9. The molecule has 8 nitrogen and oxygen atoms in total. The predicted molar refractivity (Wildman–Crippen MR) is 106 cm³/mol. The van der Waals surface area contributed by atoms with Crippen LogP contribution >= 0.6 is 0 Å². The first kappa shape index (κ1) is 17.8. The Kier molecular flexibility index (Phi) is 4.83. The predicted octanol–water partition coefficient (Wildman–Crippen LogP) is 3.08. The lowest BCUT2D eigenvalue weighted by atomic mass is 9.98. The van der Waals surface area contributed by atoms with Gasteiger partial charge in [0.2, 0.25) is 0 Å². The van der Waals surface area contributed by atoms with Gasteiger partial charge in [-0.1, -0.05) is 11.8 Å². The SMILES string of the molecule is Nc1n[nH]c2c(C#CC3CCOCC3)cc(-c3ccnc(NC(=O)O)c3)cc12. The molecule has 3 aromatic rings. The Morgan fingerprint density at radius 3 is 2.89 bits per heavy atom. The zero-order valence-corrected chi connectivity index (χ0v) is 15.0. The van der Waals surface area contributed by atoms with Gasteiger partial charge in [0, 0.05) is 30.7 Å². The van der Waals surface area contributed by atoms with Crippen molar-refractivity contribution in [3.63, 3.8) is 0 Å². The number of nitrogen functional groups attached to an aromatic ring is 1. The lowest BCUT2D eigenvalue weighted by Crippen LogP contribution is -2.13. The summed E-state index contributed by atoms with van der Waals surface area (Å²) in [6.45, 7) is 1.48. The standard InChI is InChI=1S/C20H19N5O3/c21-19-16-10-15(13-3-6-22-17(11-13)23-20(26)27)9-14(18(16)24-25-19)2-1-12-4-7-28-8-5-12/h3,6,9-12H,4-5,7-8H2,(H,22,23)(H,26,27)(H3,21,24,25). The van der Waals surface area contributed by atoms with Crippen LogP contribution in [0.5, 0.6) is 0 Å². The van der Waals surface area contributed by atoms with Crippen molar-refractivity contribution in [2.75, 3.05) is 24.3 Å². The minimum absolute atomic E-state index is 0.250. The van der Waals surface area contributed by atoms with Gasteiger partial charge in [-0.3, -0.25) is 10.4 Å². The van der Waals surface area contributed by atoms with E-state index in [2.05, 4.69) is 32.3 Å². The van der Waals surface area contributed by atoms with Crippen LogP contribution in [0.15, 0.2) is 30.5 Å². The number of anilines is 2. The second-order valence-corrected chi connectivity index (χ2v) is 6.57. The molecular weight excluding hydrogens is 358 g/mol. The average molecular weight is 377 g/mol. The molecule has 1 aliphatic heterocycles. The highest BCUT2D eigenvalue weighted by molar-refractivity contribution is 5.96. The minimum atomic E-state index is -1.16. The third kappa shape index (κ3) is 3.75. The zero-order chi connectivity index (χ0) is 19.5. The van der Waals surface area contributed by atoms with E-state index in [0.717, 1.165) is 53.6 Å². The number of aromatic nitrogens is 3. The van der Waals surface area contributed by atoms with Crippen LogP contribution in [-0.4, -0.2) is 39.6 Å². The van der Waals surface area contributed by atoms with Crippen LogP contribution < -0.4 is 11.1 Å². The van der Waals surface area contributed by atoms with Crippen molar-refractivity contribution in [1.29, 1.82) is 0 Å². The summed E-state index contributed by atoms with van der Waals surface area (Å²) in [5.41, 5.74) is 9.26. The Morgan fingerprint density at radius 1 is 1.29 bits per heavy atom. The van der Waals surface area contributed by atoms with Gasteiger partial charge in [0.15, 0.2) is 5.82 Å². The number of hydrogen-bond acceptors (Lipinski definition) is 5. The molecule has 2 aromatic heterocycles. The number of nitrogens with zero attached hydrogens (tertiary/aromatic N) is 2. The van der Waals surface area contributed by atoms with Crippen molar-refractivity contribution in [3.8, 4) is 23.0 Å². The van der Waals surface area contributed by atoms with Gasteiger partial charge in [0.25, 0.3) is 0 Å². The number of fused-ring (bicyclic) bond motifs is 1. The van der Waals surface area contributed by atoms with E-state index >= 15 is 0 Å². The fraction of sp³-hybridized carbons (Fsp3) is 0.250. The molecule has 3 heterocycles. The molecule has 5 N–H and O–H groups in total. The molecule has 0 unspecified atom stereocenters. The van der Waals surface area contributed by atoms with E-state index in [9.17, 15) is 4.79 Å². The Hall–Kier alpha value is -3.57. The zero-order valence-electron chi connectivity index (χ0n) is 15.0. The van der Waals surface area contributed by atoms with Gasteiger partial charge in [-0.2, -0.15) is 5.10 Å². The molecule has 0 saturated carbocycles. The number of rotatable bonds is 2. The van der Waals surface area contributed by atoms with E-state index in [1.54, 1.807) is 18.3 Å². The molecule has 0 aliphatic carbocycles. The molecule has 8 heteroatoms. The molecule has 1 amide bonds. The molecule has 0 radical (unpaired) electrons. The van der Waals surface area contributed by atoms with E-state index in [0.29, 0.717) is 11.7 Å². The molecule has 28 heavy (non-hydrogen) atoms. The second-order valence-electron chi connectivity index (χ2n) is 6.57. The number of ether oxygens (including phenoxy) is 1. The van der Waals surface area contributed by atoms with E-state index in [1.165, 1.54) is 0 Å². The van der Waals surface area contributed by atoms with Crippen LogP contribution in [0.25, 0.3) is 22.0 Å². The van der Waals surface area contributed by atoms with Crippen LogP contribution in [0.3, 0.4) is 0 Å². The summed E-state index contributed by atoms with van der Waals surface area (Å²) < 4.78 is 5.39. The molecule has 0 atom stereocenters. The van der Waals surface area contributed by atoms with Crippen LogP contribution in [-0.2, 0) is 4.74 Å².